The van der Waals surface area contributed by atoms with Crippen LogP contribution in [0.1, 0.15) is 19.8 Å². The maximum atomic E-state index is 11.9. The number of nitrogens with one attached hydrogen (secondary N) is 1. The first-order valence-electron chi connectivity index (χ1n) is 6.41. The molecule has 0 spiro atoms. The molecular formula is C14H15ClN2O3. The van der Waals surface area contributed by atoms with Crippen LogP contribution in [0.4, 0.5) is 11.4 Å². The highest BCUT2D eigenvalue weighted by Crippen LogP contribution is 2.28. The van der Waals surface area contributed by atoms with Crippen molar-refractivity contribution in [1.82, 2.24) is 0 Å². The van der Waals surface area contributed by atoms with Crippen molar-refractivity contribution in [2.45, 2.75) is 19.8 Å². The molecule has 0 aliphatic carbocycles. The lowest BCUT2D eigenvalue weighted by Gasteiger charge is -2.17. The largest absolute Gasteiger partial charge is 0.326 e. The fourth-order valence-corrected chi connectivity index (χ4v) is 2.26. The van der Waals surface area contributed by atoms with Gasteiger partial charge < -0.3 is 10.2 Å². The zero-order chi connectivity index (χ0) is 14.7. The molecule has 2 rings (SSSR count). The first-order chi connectivity index (χ1) is 9.51. The van der Waals surface area contributed by atoms with Crippen molar-refractivity contribution in [3.05, 3.63) is 24.3 Å². The normalized spacial score (nSPS) is 18.2. The Morgan fingerprint density at radius 1 is 1.45 bits per heavy atom. The van der Waals surface area contributed by atoms with Gasteiger partial charge in [0, 0.05) is 30.8 Å². The first-order valence-corrected chi connectivity index (χ1v) is 6.78. The summed E-state index contributed by atoms with van der Waals surface area (Å²) in [5.74, 6) is -0.690. The fourth-order valence-electron chi connectivity index (χ4n) is 2.11. The number of amides is 2. The van der Waals surface area contributed by atoms with E-state index in [0.29, 0.717) is 17.8 Å². The van der Waals surface area contributed by atoms with E-state index < -0.39 is 11.2 Å². The Labute approximate surface area is 121 Å². The average molecular weight is 295 g/mol. The first kappa shape index (κ1) is 14.5. The van der Waals surface area contributed by atoms with E-state index in [9.17, 15) is 14.4 Å². The van der Waals surface area contributed by atoms with E-state index in [-0.39, 0.29) is 24.8 Å². The summed E-state index contributed by atoms with van der Waals surface area (Å²) in [6.45, 7) is 2.05. The maximum Gasteiger partial charge on any atom is 0.227 e. The summed E-state index contributed by atoms with van der Waals surface area (Å²) in [5.41, 5.74) is 1.28. The highest BCUT2D eigenvalue weighted by molar-refractivity contribution is 6.64. The van der Waals surface area contributed by atoms with Crippen molar-refractivity contribution in [3.8, 4) is 0 Å². The lowest BCUT2D eigenvalue weighted by molar-refractivity contribution is -0.120. The highest BCUT2D eigenvalue weighted by Gasteiger charge is 2.34. The molecule has 2 amide bonds. The number of anilines is 2. The Hall–Kier alpha value is -1.88. The second kappa shape index (κ2) is 6.05. The molecule has 1 saturated heterocycles. The van der Waals surface area contributed by atoms with Crippen molar-refractivity contribution in [3.63, 3.8) is 0 Å². The summed E-state index contributed by atoms with van der Waals surface area (Å²) in [6, 6.07) is 6.98. The van der Waals surface area contributed by atoms with Crippen molar-refractivity contribution < 1.29 is 14.4 Å². The van der Waals surface area contributed by atoms with E-state index >= 15 is 0 Å². The van der Waals surface area contributed by atoms with Crippen LogP contribution < -0.4 is 10.2 Å². The van der Waals surface area contributed by atoms with Gasteiger partial charge in [0.15, 0.2) is 0 Å². The van der Waals surface area contributed by atoms with Gasteiger partial charge in [-0.3, -0.25) is 14.4 Å². The zero-order valence-electron chi connectivity index (χ0n) is 11.1. The van der Waals surface area contributed by atoms with E-state index in [1.165, 1.54) is 4.90 Å². The van der Waals surface area contributed by atoms with E-state index in [1.807, 2.05) is 0 Å². The number of benzene rings is 1. The second-order valence-corrected chi connectivity index (χ2v) is 5.03. The van der Waals surface area contributed by atoms with Crippen LogP contribution in [-0.2, 0) is 14.4 Å². The minimum absolute atomic E-state index is 0.0938. The Morgan fingerprint density at radius 2 is 2.20 bits per heavy atom. The van der Waals surface area contributed by atoms with Crippen LogP contribution in [0.2, 0.25) is 0 Å². The molecule has 0 radical (unpaired) electrons. The summed E-state index contributed by atoms with van der Waals surface area (Å²) in [7, 11) is 0. The molecular weight excluding hydrogens is 280 g/mol. The number of hydrogen-bond donors (Lipinski definition) is 1. The average Bonchev–Trinajstić information content (AvgIpc) is 2.81. The SMILES string of the molecule is CCC(=O)Nc1cccc(N2CC(C(=O)Cl)CC2=O)c1. The lowest BCUT2D eigenvalue weighted by atomic mass is 10.1. The number of rotatable bonds is 4. The predicted octanol–water partition coefficient (Wildman–Crippen LogP) is 2.15. The molecule has 1 aromatic rings. The van der Waals surface area contributed by atoms with Crippen LogP contribution in [0.25, 0.3) is 0 Å². The third kappa shape index (κ3) is 3.17. The Morgan fingerprint density at radius 3 is 2.80 bits per heavy atom. The van der Waals surface area contributed by atoms with Crippen LogP contribution in [0, 0.1) is 5.92 Å². The minimum Gasteiger partial charge on any atom is -0.326 e. The number of carbonyl (C=O) groups excluding carboxylic acids is 3. The predicted molar refractivity (Wildman–Crippen MR) is 76.7 cm³/mol. The number of halogens is 1. The number of carbonyl (C=O) groups is 3. The Kier molecular flexibility index (Phi) is 4.39. The maximum absolute atomic E-state index is 11.9. The molecule has 1 unspecified atom stereocenters. The van der Waals surface area contributed by atoms with Crippen LogP contribution >= 0.6 is 11.6 Å². The molecule has 106 valence electrons. The molecule has 20 heavy (non-hydrogen) atoms. The molecule has 0 bridgehead atoms. The molecule has 1 fully saturated rings. The smallest absolute Gasteiger partial charge is 0.227 e. The van der Waals surface area contributed by atoms with Gasteiger partial charge in [-0.2, -0.15) is 0 Å². The molecule has 1 N–H and O–H groups in total. The number of nitrogens with zero attached hydrogens (tertiary/aromatic N) is 1. The third-order valence-corrected chi connectivity index (χ3v) is 3.52. The third-order valence-electron chi connectivity index (χ3n) is 3.21. The van der Waals surface area contributed by atoms with Crippen molar-refractivity contribution in [2.75, 3.05) is 16.8 Å². The van der Waals surface area contributed by atoms with Crippen LogP contribution in [0.15, 0.2) is 24.3 Å². The summed E-state index contributed by atoms with van der Waals surface area (Å²) in [6.07, 6.45) is 0.517. The second-order valence-electron chi connectivity index (χ2n) is 4.66. The zero-order valence-corrected chi connectivity index (χ0v) is 11.8. The number of hydrogen-bond acceptors (Lipinski definition) is 3. The molecule has 1 atom stereocenters. The molecule has 6 heteroatoms. The van der Waals surface area contributed by atoms with Crippen molar-refractivity contribution >= 4 is 40.0 Å². The van der Waals surface area contributed by atoms with Gasteiger partial charge in [0.2, 0.25) is 17.1 Å². The van der Waals surface area contributed by atoms with Gasteiger partial charge in [-0.15, -0.1) is 0 Å². The topological polar surface area (TPSA) is 66.5 Å². The van der Waals surface area contributed by atoms with Crippen LogP contribution in [0.3, 0.4) is 0 Å². The molecule has 1 aliphatic heterocycles. The molecule has 1 aromatic carbocycles. The molecule has 1 aliphatic rings. The Bertz CT molecular complexity index is 559. The van der Waals surface area contributed by atoms with Gasteiger partial charge in [-0.1, -0.05) is 13.0 Å². The standard InChI is InChI=1S/C14H15ClN2O3/c1-2-12(18)16-10-4-3-5-11(7-10)17-8-9(14(15)20)6-13(17)19/h3-5,7,9H,2,6,8H2,1H3,(H,16,18). The van der Waals surface area contributed by atoms with Crippen molar-refractivity contribution in [1.29, 1.82) is 0 Å². The molecule has 1 heterocycles. The van der Waals surface area contributed by atoms with E-state index in [4.69, 9.17) is 11.6 Å². The van der Waals surface area contributed by atoms with E-state index in [1.54, 1.807) is 31.2 Å². The van der Waals surface area contributed by atoms with Crippen molar-refractivity contribution in [2.24, 2.45) is 5.92 Å². The van der Waals surface area contributed by atoms with Gasteiger partial charge in [0.25, 0.3) is 0 Å². The van der Waals surface area contributed by atoms with E-state index in [0.717, 1.165) is 0 Å². The fraction of sp³-hybridized carbons (Fsp3) is 0.357. The van der Waals surface area contributed by atoms with Gasteiger partial charge in [-0.05, 0) is 29.8 Å². The highest BCUT2D eigenvalue weighted by atomic mass is 35.5. The summed E-state index contributed by atoms with van der Waals surface area (Å²) < 4.78 is 0. The summed E-state index contributed by atoms with van der Waals surface area (Å²) in [4.78, 5) is 35.9. The summed E-state index contributed by atoms with van der Waals surface area (Å²) >= 11 is 5.45. The molecule has 0 saturated carbocycles. The van der Waals surface area contributed by atoms with Gasteiger partial charge >= 0.3 is 0 Å². The molecule has 0 aromatic heterocycles. The minimum atomic E-state index is -0.490. The molecule has 5 nitrogen and oxygen atoms in total. The van der Waals surface area contributed by atoms with Crippen LogP contribution in [-0.4, -0.2) is 23.6 Å². The quantitative estimate of drug-likeness (QED) is 0.865. The Balaban J connectivity index is 2.17. The van der Waals surface area contributed by atoms with Crippen LogP contribution in [0.5, 0.6) is 0 Å². The van der Waals surface area contributed by atoms with Gasteiger partial charge in [-0.25, -0.2) is 0 Å². The summed E-state index contributed by atoms with van der Waals surface area (Å²) in [5, 5.41) is 2.24. The monoisotopic (exact) mass is 294 g/mol. The van der Waals surface area contributed by atoms with Gasteiger partial charge in [0.05, 0.1) is 5.92 Å². The van der Waals surface area contributed by atoms with Gasteiger partial charge in [0.1, 0.15) is 0 Å². The van der Waals surface area contributed by atoms with E-state index in [2.05, 4.69) is 5.32 Å². The lowest BCUT2D eigenvalue weighted by Crippen LogP contribution is -2.25.